The van der Waals surface area contributed by atoms with Crippen molar-refractivity contribution in [2.24, 2.45) is 0 Å². The molecule has 1 N–H and O–H groups in total. The highest BCUT2D eigenvalue weighted by Crippen LogP contribution is 2.22. The number of ketones is 1. The van der Waals surface area contributed by atoms with E-state index in [0.717, 1.165) is 11.1 Å². The number of hydrogen-bond donors (Lipinski definition) is 1. The van der Waals surface area contributed by atoms with Crippen LogP contribution in [-0.2, 0) is 0 Å². The van der Waals surface area contributed by atoms with Crippen molar-refractivity contribution in [3.8, 4) is 0 Å². The molecule has 0 aromatic heterocycles. The highest BCUT2D eigenvalue weighted by molar-refractivity contribution is 6.03. The second-order valence-corrected chi connectivity index (χ2v) is 5.51. The first kappa shape index (κ1) is 15.9. The molecule has 0 saturated carbocycles. The Morgan fingerprint density at radius 2 is 1.33 bits per heavy atom. The molecule has 0 aliphatic heterocycles. The molecule has 2 heteroatoms. The van der Waals surface area contributed by atoms with Gasteiger partial charge in [-0.1, -0.05) is 97.1 Å². The number of carbonyl (C=O) groups excluding carboxylic acids is 1. The van der Waals surface area contributed by atoms with Crippen LogP contribution in [0.2, 0.25) is 0 Å². The van der Waals surface area contributed by atoms with Crippen LogP contribution in [0.15, 0.2) is 84.9 Å². The summed E-state index contributed by atoms with van der Waals surface area (Å²) < 4.78 is 0. The van der Waals surface area contributed by atoms with Gasteiger partial charge < -0.3 is 5.11 Å². The van der Waals surface area contributed by atoms with Crippen LogP contribution in [-0.4, -0.2) is 10.9 Å². The first-order valence-electron chi connectivity index (χ1n) is 7.85. The van der Waals surface area contributed by atoms with Crippen molar-refractivity contribution in [2.45, 2.75) is 6.10 Å². The molecule has 0 aliphatic rings. The molecule has 3 aromatic carbocycles. The molecule has 1 atom stereocenters. The standard InChI is InChI=1S/C22H18O2/c23-21(19-12-5-2-6-13-19)22(24)20-14-8-7-11-18(20)16-15-17-9-3-1-4-10-17/h1-16,21,23H. The number of aliphatic hydroxyl groups excluding tert-OH is 1. The lowest BCUT2D eigenvalue weighted by Gasteiger charge is -2.12. The monoisotopic (exact) mass is 314 g/mol. The van der Waals surface area contributed by atoms with Crippen LogP contribution in [0, 0.1) is 0 Å². The fraction of sp³-hybridized carbons (Fsp3) is 0.0455. The average molecular weight is 314 g/mol. The van der Waals surface area contributed by atoms with E-state index < -0.39 is 6.10 Å². The molecule has 0 aliphatic carbocycles. The summed E-state index contributed by atoms with van der Waals surface area (Å²) >= 11 is 0. The molecule has 24 heavy (non-hydrogen) atoms. The van der Waals surface area contributed by atoms with Crippen LogP contribution in [0.5, 0.6) is 0 Å². The Hall–Kier alpha value is -2.97. The molecule has 118 valence electrons. The van der Waals surface area contributed by atoms with E-state index in [1.54, 1.807) is 18.2 Å². The van der Waals surface area contributed by atoms with Crippen LogP contribution < -0.4 is 0 Å². The zero-order chi connectivity index (χ0) is 16.8. The largest absolute Gasteiger partial charge is 0.380 e. The molecule has 1 unspecified atom stereocenters. The van der Waals surface area contributed by atoms with Crippen molar-refractivity contribution in [3.63, 3.8) is 0 Å². The summed E-state index contributed by atoms with van der Waals surface area (Å²) in [5.74, 6) is -0.297. The second kappa shape index (κ2) is 7.53. The summed E-state index contributed by atoms with van der Waals surface area (Å²) in [6, 6.07) is 26.2. The van der Waals surface area contributed by atoms with E-state index in [1.165, 1.54) is 0 Å². The quantitative estimate of drug-likeness (QED) is 0.544. The van der Waals surface area contributed by atoms with Gasteiger partial charge in [0.2, 0.25) is 0 Å². The molecule has 0 bridgehead atoms. The van der Waals surface area contributed by atoms with Gasteiger partial charge >= 0.3 is 0 Å². The van der Waals surface area contributed by atoms with E-state index in [1.807, 2.05) is 78.9 Å². The number of carbonyl (C=O) groups is 1. The summed E-state index contributed by atoms with van der Waals surface area (Å²) in [5.41, 5.74) is 2.97. The highest BCUT2D eigenvalue weighted by atomic mass is 16.3. The van der Waals surface area contributed by atoms with E-state index in [9.17, 15) is 9.90 Å². The van der Waals surface area contributed by atoms with E-state index in [4.69, 9.17) is 0 Å². The van der Waals surface area contributed by atoms with Gasteiger partial charge in [-0.05, 0) is 16.7 Å². The Morgan fingerprint density at radius 1 is 0.750 bits per heavy atom. The minimum atomic E-state index is -1.16. The van der Waals surface area contributed by atoms with E-state index in [0.29, 0.717) is 11.1 Å². The van der Waals surface area contributed by atoms with Gasteiger partial charge in [-0.3, -0.25) is 4.79 Å². The van der Waals surface area contributed by atoms with Crippen molar-refractivity contribution >= 4 is 17.9 Å². The second-order valence-electron chi connectivity index (χ2n) is 5.51. The molecule has 0 heterocycles. The number of benzene rings is 3. The van der Waals surface area contributed by atoms with Crippen molar-refractivity contribution in [1.29, 1.82) is 0 Å². The van der Waals surface area contributed by atoms with Gasteiger partial charge in [0.1, 0.15) is 6.10 Å². The number of rotatable bonds is 5. The van der Waals surface area contributed by atoms with Crippen molar-refractivity contribution in [1.82, 2.24) is 0 Å². The normalized spacial score (nSPS) is 12.2. The summed E-state index contributed by atoms with van der Waals surface area (Å²) in [6.07, 6.45) is 2.71. The van der Waals surface area contributed by atoms with Gasteiger partial charge in [-0.25, -0.2) is 0 Å². The number of hydrogen-bond acceptors (Lipinski definition) is 2. The zero-order valence-corrected chi connectivity index (χ0v) is 13.2. The molecule has 2 nitrogen and oxygen atoms in total. The molecule has 0 fully saturated rings. The van der Waals surface area contributed by atoms with Gasteiger partial charge in [0.25, 0.3) is 0 Å². The van der Waals surface area contributed by atoms with Crippen LogP contribution in [0.4, 0.5) is 0 Å². The molecule has 0 saturated heterocycles. The van der Waals surface area contributed by atoms with Gasteiger partial charge in [0.15, 0.2) is 5.78 Å². The van der Waals surface area contributed by atoms with E-state index >= 15 is 0 Å². The van der Waals surface area contributed by atoms with Crippen LogP contribution in [0.25, 0.3) is 12.2 Å². The first-order chi connectivity index (χ1) is 11.8. The van der Waals surface area contributed by atoms with Crippen LogP contribution >= 0.6 is 0 Å². The Kier molecular flexibility index (Phi) is 4.99. The Morgan fingerprint density at radius 3 is 2.04 bits per heavy atom. The predicted molar refractivity (Wildman–Crippen MR) is 97.5 cm³/mol. The third-order valence-corrected chi connectivity index (χ3v) is 3.84. The van der Waals surface area contributed by atoms with Crippen LogP contribution in [0.3, 0.4) is 0 Å². The lowest BCUT2D eigenvalue weighted by Crippen LogP contribution is -2.13. The van der Waals surface area contributed by atoms with E-state index in [2.05, 4.69) is 0 Å². The zero-order valence-electron chi connectivity index (χ0n) is 13.2. The minimum Gasteiger partial charge on any atom is -0.380 e. The van der Waals surface area contributed by atoms with Gasteiger partial charge in [-0.15, -0.1) is 0 Å². The summed E-state index contributed by atoms with van der Waals surface area (Å²) in [7, 11) is 0. The van der Waals surface area contributed by atoms with Crippen molar-refractivity contribution in [2.75, 3.05) is 0 Å². The SMILES string of the molecule is O=C(c1ccccc1C=Cc1ccccc1)C(O)c1ccccc1. The van der Waals surface area contributed by atoms with Gasteiger partial charge in [-0.2, -0.15) is 0 Å². The fourth-order valence-corrected chi connectivity index (χ4v) is 2.55. The summed E-state index contributed by atoms with van der Waals surface area (Å²) in [6.45, 7) is 0. The molecule has 3 rings (SSSR count). The van der Waals surface area contributed by atoms with E-state index in [-0.39, 0.29) is 5.78 Å². The number of aliphatic hydroxyl groups is 1. The summed E-state index contributed by atoms with van der Waals surface area (Å²) in [4.78, 5) is 12.7. The molecule has 0 radical (unpaired) electrons. The minimum absolute atomic E-state index is 0.297. The maximum absolute atomic E-state index is 12.7. The smallest absolute Gasteiger partial charge is 0.196 e. The Bertz CT molecular complexity index is 836. The van der Waals surface area contributed by atoms with Crippen LogP contribution in [0.1, 0.15) is 33.2 Å². The van der Waals surface area contributed by atoms with Crippen molar-refractivity contribution < 1.29 is 9.90 Å². The lowest BCUT2D eigenvalue weighted by molar-refractivity contribution is 0.0747. The first-order valence-corrected chi connectivity index (χ1v) is 7.85. The Balaban J connectivity index is 1.89. The maximum Gasteiger partial charge on any atom is 0.196 e. The third-order valence-electron chi connectivity index (χ3n) is 3.84. The topological polar surface area (TPSA) is 37.3 Å². The molecule has 0 spiro atoms. The summed E-state index contributed by atoms with van der Waals surface area (Å²) in [5, 5.41) is 10.4. The number of Topliss-reactive ketones (excluding diaryl/α,β-unsaturated/α-hetero) is 1. The molecular formula is C22H18O2. The van der Waals surface area contributed by atoms with Gasteiger partial charge in [0.05, 0.1) is 0 Å². The third kappa shape index (κ3) is 3.67. The molecular weight excluding hydrogens is 296 g/mol. The highest BCUT2D eigenvalue weighted by Gasteiger charge is 2.20. The maximum atomic E-state index is 12.7. The predicted octanol–water partition coefficient (Wildman–Crippen LogP) is 4.77. The van der Waals surface area contributed by atoms with Crippen molar-refractivity contribution in [3.05, 3.63) is 107 Å². The lowest BCUT2D eigenvalue weighted by atomic mass is 9.96. The molecule has 0 amide bonds. The van der Waals surface area contributed by atoms with Gasteiger partial charge in [0, 0.05) is 5.56 Å². The average Bonchev–Trinajstić information content (AvgIpc) is 2.67. The Labute approximate surface area is 141 Å². The molecule has 3 aromatic rings. The fourth-order valence-electron chi connectivity index (χ4n) is 2.55.